The number of pyridine rings is 2. The van der Waals surface area contributed by atoms with Gasteiger partial charge in [-0.2, -0.15) is 0 Å². The van der Waals surface area contributed by atoms with Crippen LogP contribution in [0.4, 0.5) is 0 Å². The first-order chi connectivity index (χ1) is 11.6. The van der Waals surface area contributed by atoms with Crippen LogP contribution in [0.5, 0.6) is 0 Å². The van der Waals surface area contributed by atoms with E-state index in [1.54, 1.807) is 12.4 Å². The fourth-order valence-electron chi connectivity index (χ4n) is 2.95. The summed E-state index contributed by atoms with van der Waals surface area (Å²) >= 11 is 0. The normalized spacial score (nSPS) is 16.9. The lowest BCUT2D eigenvalue weighted by atomic mass is 9.98. The molecule has 124 valence electrons. The van der Waals surface area contributed by atoms with Crippen molar-refractivity contribution in [1.82, 2.24) is 20.2 Å². The Morgan fingerprint density at radius 1 is 1.25 bits per heavy atom. The molecule has 0 aliphatic carbocycles. The van der Waals surface area contributed by atoms with Crippen LogP contribution < -0.4 is 5.32 Å². The van der Waals surface area contributed by atoms with E-state index in [1.807, 2.05) is 29.3 Å². The average Bonchev–Trinajstić information content (AvgIpc) is 3.11. The van der Waals surface area contributed by atoms with Gasteiger partial charge in [-0.05, 0) is 36.2 Å². The summed E-state index contributed by atoms with van der Waals surface area (Å²) in [5, 5.41) is 2.56. The molecular formula is C18H20N4O2. The van der Waals surface area contributed by atoms with Crippen molar-refractivity contribution >= 4 is 11.8 Å². The minimum atomic E-state index is -0.185. The van der Waals surface area contributed by atoms with E-state index in [4.69, 9.17) is 0 Å². The summed E-state index contributed by atoms with van der Waals surface area (Å²) in [6.07, 6.45) is 6.24. The Balaban J connectivity index is 1.68. The number of aromatic nitrogens is 2. The van der Waals surface area contributed by atoms with Gasteiger partial charge in [0.15, 0.2) is 0 Å². The van der Waals surface area contributed by atoms with Gasteiger partial charge in [0.1, 0.15) is 0 Å². The van der Waals surface area contributed by atoms with E-state index >= 15 is 0 Å². The highest BCUT2D eigenvalue weighted by Gasteiger charge is 2.27. The van der Waals surface area contributed by atoms with E-state index in [-0.39, 0.29) is 18.4 Å². The average molecular weight is 324 g/mol. The molecule has 1 fully saturated rings. The molecule has 1 aliphatic heterocycles. The van der Waals surface area contributed by atoms with E-state index in [9.17, 15) is 9.59 Å². The molecular weight excluding hydrogens is 304 g/mol. The fraction of sp³-hybridized carbons (Fsp3) is 0.333. The van der Waals surface area contributed by atoms with Crippen LogP contribution in [-0.2, 0) is 9.59 Å². The highest BCUT2D eigenvalue weighted by molar-refractivity contribution is 5.83. The molecule has 0 bridgehead atoms. The maximum Gasteiger partial charge on any atom is 0.241 e. The Labute approximate surface area is 140 Å². The van der Waals surface area contributed by atoms with Gasteiger partial charge in [0, 0.05) is 50.1 Å². The van der Waals surface area contributed by atoms with Crippen LogP contribution >= 0.6 is 0 Å². The molecule has 0 aromatic carbocycles. The summed E-state index contributed by atoms with van der Waals surface area (Å²) in [4.78, 5) is 33.3. The van der Waals surface area contributed by atoms with Gasteiger partial charge in [-0.25, -0.2) is 0 Å². The third-order valence-electron chi connectivity index (χ3n) is 4.26. The Kier molecular flexibility index (Phi) is 4.84. The molecule has 1 aliphatic rings. The minimum Gasteiger partial charge on any atom is -0.347 e. The highest BCUT2D eigenvalue weighted by atomic mass is 16.2. The lowest BCUT2D eigenvalue weighted by Crippen LogP contribution is -2.38. The van der Waals surface area contributed by atoms with Crippen molar-refractivity contribution in [3.63, 3.8) is 0 Å². The van der Waals surface area contributed by atoms with Crippen molar-refractivity contribution < 1.29 is 9.59 Å². The molecule has 24 heavy (non-hydrogen) atoms. The molecule has 0 unspecified atom stereocenters. The maximum atomic E-state index is 12.1. The number of amides is 2. The van der Waals surface area contributed by atoms with Crippen LogP contribution in [0.25, 0.3) is 11.3 Å². The summed E-state index contributed by atoms with van der Waals surface area (Å²) < 4.78 is 0. The van der Waals surface area contributed by atoms with Crippen LogP contribution in [0.15, 0.2) is 42.9 Å². The van der Waals surface area contributed by atoms with Crippen molar-refractivity contribution in [3.05, 3.63) is 48.4 Å². The predicted octanol–water partition coefficient (Wildman–Crippen LogP) is 1.60. The standard InChI is InChI=1S/C18H20N4O2/c1-13(23)21-11-18(24)22-9-5-16(12-22)15-4-8-20-17(10-15)14-2-6-19-7-3-14/h2-4,6-8,10,16H,5,9,11-12H2,1H3,(H,21,23)/t16-/m0/s1. The summed E-state index contributed by atoms with van der Waals surface area (Å²) in [7, 11) is 0. The molecule has 2 aromatic heterocycles. The first-order valence-electron chi connectivity index (χ1n) is 8.02. The van der Waals surface area contributed by atoms with Gasteiger partial charge in [0.05, 0.1) is 12.2 Å². The van der Waals surface area contributed by atoms with Gasteiger partial charge in [-0.3, -0.25) is 19.6 Å². The number of rotatable bonds is 4. The molecule has 0 saturated carbocycles. The number of nitrogens with zero attached hydrogens (tertiary/aromatic N) is 3. The van der Waals surface area contributed by atoms with Gasteiger partial charge >= 0.3 is 0 Å². The second-order valence-electron chi connectivity index (χ2n) is 5.95. The molecule has 2 amide bonds. The Bertz CT molecular complexity index is 733. The van der Waals surface area contributed by atoms with Gasteiger partial charge in [0.2, 0.25) is 11.8 Å². The highest BCUT2D eigenvalue weighted by Crippen LogP contribution is 2.29. The van der Waals surface area contributed by atoms with Crippen molar-refractivity contribution in [3.8, 4) is 11.3 Å². The lowest BCUT2D eigenvalue weighted by molar-refractivity contribution is -0.131. The van der Waals surface area contributed by atoms with Crippen molar-refractivity contribution in [1.29, 1.82) is 0 Å². The third kappa shape index (κ3) is 3.76. The van der Waals surface area contributed by atoms with E-state index in [0.29, 0.717) is 12.5 Å². The number of hydrogen-bond acceptors (Lipinski definition) is 4. The number of carbonyl (C=O) groups is 2. The van der Waals surface area contributed by atoms with Crippen molar-refractivity contribution in [2.45, 2.75) is 19.3 Å². The van der Waals surface area contributed by atoms with Crippen LogP contribution in [0.1, 0.15) is 24.8 Å². The lowest BCUT2D eigenvalue weighted by Gasteiger charge is -2.17. The first-order valence-corrected chi connectivity index (χ1v) is 8.02. The van der Waals surface area contributed by atoms with E-state index in [0.717, 1.165) is 24.2 Å². The summed E-state index contributed by atoms with van der Waals surface area (Å²) in [5.74, 6) is 0.0844. The van der Waals surface area contributed by atoms with Gasteiger partial charge in [-0.15, -0.1) is 0 Å². The van der Waals surface area contributed by atoms with Crippen LogP contribution in [0.3, 0.4) is 0 Å². The second-order valence-corrected chi connectivity index (χ2v) is 5.95. The van der Waals surface area contributed by atoms with Crippen molar-refractivity contribution in [2.24, 2.45) is 0 Å². The zero-order valence-corrected chi connectivity index (χ0v) is 13.6. The number of hydrogen-bond donors (Lipinski definition) is 1. The summed E-state index contributed by atoms with van der Waals surface area (Å²) in [6.45, 7) is 2.88. The fourth-order valence-corrected chi connectivity index (χ4v) is 2.95. The maximum absolute atomic E-state index is 12.1. The topological polar surface area (TPSA) is 75.2 Å². The number of nitrogens with one attached hydrogen (secondary N) is 1. The summed E-state index contributed by atoms with van der Waals surface area (Å²) in [6, 6.07) is 7.97. The Morgan fingerprint density at radius 3 is 2.79 bits per heavy atom. The quantitative estimate of drug-likeness (QED) is 0.927. The molecule has 3 rings (SSSR count). The molecule has 0 radical (unpaired) electrons. The monoisotopic (exact) mass is 324 g/mol. The molecule has 1 saturated heterocycles. The zero-order chi connectivity index (χ0) is 16.9. The van der Waals surface area contributed by atoms with Gasteiger partial charge in [-0.1, -0.05) is 0 Å². The minimum absolute atomic E-state index is 0.0314. The second kappa shape index (κ2) is 7.21. The van der Waals surface area contributed by atoms with Crippen LogP contribution in [-0.4, -0.2) is 46.3 Å². The van der Waals surface area contributed by atoms with E-state index in [2.05, 4.69) is 21.4 Å². The Hall–Kier alpha value is -2.76. The Morgan fingerprint density at radius 2 is 2.04 bits per heavy atom. The van der Waals surface area contributed by atoms with Gasteiger partial charge < -0.3 is 10.2 Å². The third-order valence-corrected chi connectivity index (χ3v) is 4.26. The molecule has 6 nitrogen and oxygen atoms in total. The smallest absolute Gasteiger partial charge is 0.241 e. The molecule has 0 spiro atoms. The van der Waals surface area contributed by atoms with Crippen molar-refractivity contribution in [2.75, 3.05) is 19.6 Å². The van der Waals surface area contributed by atoms with Gasteiger partial charge in [0.25, 0.3) is 0 Å². The zero-order valence-electron chi connectivity index (χ0n) is 13.6. The SMILES string of the molecule is CC(=O)NCC(=O)N1CC[C@H](c2ccnc(-c3ccncc3)c2)C1. The number of likely N-dealkylation sites (tertiary alicyclic amines) is 1. The van der Waals surface area contributed by atoms with Crippen LogP contribution in [0.2, 0.25) is 0 Å². The molecule has 2 aromatic rings. The largest absolute Gasteiger partial charge is 0.347 e. The molecule has 3 heterocycles. The predicted molar refractivity (Wildman–Crippen MR) is 90.1 cm³/mol. The van der Waals surface area contributed by atoms with Crippen LogP contribution in [0, 0.1) is 0 Å². The molecule has 1 N–H and O–H groups in total. The number of carbonyl (C=O) groups excluding carboxylic acids is 2. The summed E-state index contributed by atoms with van der Waals surface area (Å²) in [5.41, 5.74) is 3.13. The molecule has 1 atom stereocenters. The molecule has 6 heteroatoms. The van der Waals surface area contributed by atoms with E-state index in [1.165, 1.54) is 12.5 Å². The van der Waals surface area contributed by atoms with E-state index < -0.39 is 0 Å². The first kappa shape index (κ1) is 16.1.